The van der Waals surface area contributed by atoms with Gasteiger partial charge in [-0.25, -0.2) is 0 Å². The van der Waals surface area contributed by atoms with E-state index >= 15 is 0 Å². The molecule has 5 heteroatoms. The molecule has 2 nitrogen and oxygen atoms in total. The van der Waals surface area contributed by atoms with E-state index in [1.165, 1.54) is 0 Å². The monoisotopic (exact) mass is 370 g/mol. The Morgan fingerprint density at radius 2 is 1.09 bits per heavy atom. The third-order valence-electron chi connectivity index (χ3n) is 0.568. The van der Waals surface area contributed by atoms with Gasteiger partial charge in [0.25, 0.3) is 0 Å². The van der Waals surface area contributed by atoms with Crippen LogP contribution in [0, 0.1) is 0 Å². The van der Waals surface area contributed by atoms with Crippen molar-refractivity contribution < 1.29 is 29.5 Å². The van der Waals surface area contributed by atoms with Gasteiger partial charge in [0, 0.05) is 0 Å². The topological polar surface area (TPSA) is 18.5 Å². The van der Waals surface area contributed by atoms with Crippen molar-refractivity contribution in [1.29, 1.82) is 0 Å². The van der Waals surface area contributed by atoms with Gasteiger partial charge in [-0.15, -0.1) is 24.8 Å². The van der Waals surface area contributed by atoms with E-state index in [4.69, 9.17) is 5.71 Å². The van der Waals surface area contributed by atoms with Crippen LogP contribution < -0.4 is 0 Å². The van der Waals surface area contributed by atoms with Gasteiger partial charge in [-0.2, -0.15) is 0 Å². The van der Waals surface area contributed by atoms with Crippen LogP contribution in [0.4, 0.5) is 0 Å². The van der Waals surface area contributed by atoms with Gasteiger partial charge in [-0.05, 0) is 0 Å². The summed E-state index contributed by atoms with van der Waals surface area (Å²) in [5.74, 6) is 0. The molecule has 0 aromatic heterocycles. The third-order valence-corrected chi connectivity index (χ3v) is 4.65. The minimum absolute atomic E-state index is 0. The summed E-state index contributed by atoms with van der Waals surface area (Å²) < 4.78 is 10.6. The molecule has 70 valence electrons. The van der Waals surface area contributed by atoms with Crippen LogP contribution in [0.2, 0.25) is 0 Å². The molecule has 0 spiro atoms. The Balaban J connectivity index is -0.000000320. The van der Waals surface area contributed by atoms with E-state index < -0.39 is 23.8 Å². The molecule has 0 heterocycles. The normalized spacial score (nSPS) is 8.91. The zero-order valence-corrected chi connectivity index (χ0v) is 12.5. The Morgan fingerprint density at radius 1 is 0.818 bits per heavy atom. The van der Waals surface area contributed by atoms with Crippen molar-refractivity contribution in [3.63, 3.8) is 0 Å². The van der Waals surface area contributed by atoms with Crippen LogP contribution in [-0.2, 0) is 29.5 Å². The summed E-state index contributed by atoms with van der Waals surface area (Å²) in [7, 11) is 0. The van der Waals surface area contributed by atoms with E-state index in [-0.39, 0.29) is 24.8 Å². The first-order valence-electron chi connectivity index (χ1n) is 3.19. The number of hydrogen-bond donors (Lipinski definition) is 0. The molecule has 0 amide bonds. The molecule has 0 unspecified atom stereocenters. The minimum Gasteiger partial charge on any atom is -0.147 e. The number of hydrogen-bond acceptors (Lipinski definition) is 2. The molecule has 0 aromatic carbocycles. The Bertz CT molecular complexity index is 63.6. The Kier molecular flexibility index (Phi) is 18.8. The van der Waals surface area contributed by atoms with Crippen LogP contribution in [-0.4, -0.2) is 12.2 Å². The predicted octanol–water partition coefficient (Wildman–Crippen LogP) is 2.59. The minimum atomic E-state index is -1.12. The van der Waals surface area contributed by atoms with Gasteiger partial charge in [0.2, 0.25) is 0 Å². The van der Waals surface area contributed by atoms with Crippen molar-refractivity contribution in [2.75, 3.05) is 0 Å². The second-order valence-electron chi connectivity index (χ2n) is 2.42. The van der Waals surface area contributed by atoms with E-state index in [0.29, 0.717) is 12.2 Å². The largest absolute Gasteiger partial charge is 0.147 e. The molecular formula is C6H16Cl2HfO2. The van der Waals surface area contributed by atoms with E-state index in [1.807, 2.05) is 27.7 Å². The summed E-state index contributed by atoms with van der Waals surface area (Å²) in [6, 6.07) is 0. The van der Waals surface area contributed by atoms with Crippen molar-refractivity contribution in [2.45, 2.75) is 39.9 Å². The van der Waals surface area contributed by atoms with E-state index in [9.17, 15) is 0 Å². The molecule has 0 aliphatic carbocycles. The molecule has 0 saturated carbocycles. The maximum atomic E-state index is 5.32. The van der Waals surface area contributed by atoms with Gasteiger partial charge in [0.1, 0.15) is 0 Å². The second-order valence-corrected chi connectivity index (χ2v) is 4.71. The molecule has 0 saturated heterocycles. The first-order chi connectivity index (χ1) is 4.13. The average molecular weight is 370 g/mol. The first-order valence-corrected chi connectivity index (χ1v) is 6.12. The van der Waals surface area contributed by atoms with Crippen LogP contribution in [0.25, 0.3) is 0 Å². The molecule has 0 radical (unpaired) electrons. The fourth-order valence-electron chi connectivity index (χ4n) is 0.220. The van der Waals surface area contributed by atoms with Crippen LogP contribution in [0.5, 0.6) is 0 Å². The van der Waals surface area contributed by atoms with Gasteiger partial charge < -0.3 is 0 Å². The molecular weight excluding hydrogens is 353 g/mol. The average Bonchev–Trinajstić information content (AvgIpc) is 1.63. The Labute approximate surface area is 93.8 Å². The number of rotatable bonds is 4. The number of halogens is 2. The zero-order chi connectivity index (χ0) is 7.28. The van der Waals surface area contributed by atoms with Crippen LogP contribution >= 0.6 is 24.8 Å². The molecule has 11 heavy (non-hydrogen) atoms. The Morgan fingerprint density at radius 3 is 1.27 bits per heavy atom. The molecule has 0 bridgehead atoms. The van der Waals surface area contributed by atoms with E-state index in [2.05, 4.69) is 0 Å². The quantitative estimate of drug-likeness (QED) is 0.709. The van der Waals surface area contributed by atoms with Crippen molar-refractivity contribution in [2.24, 2.45) is 0 Å². The summed E-state index contributed by atoms with van der Waals surface area (Å²) in [5, 5.41) is 0. The predicted molar refractivity (Wildman–Crippen MR) is 46.9 cm³/mol. The standard InChI is InChI=1S/2C3H7O.2ClH.Hf/c2*1-3(2)4;;;/h2*3H,1-2H3;2*1H;/q2*-1;;;+2. The molecule has 0 aliphatic heterocycles. The molecule has 0 fully saturated rings. The molecule has 0 atom stereocenters. The first kappa shape index (κ1) is 18.2. The summed E-state index contributed by atoms with van der Waals surface area (Å²) in [5.41, 5.74) is 0. The van der Waals surface area contributed by atoms with Crippen LogP contribution in [0.15, 0.2) is 0 Å². The molecule has 0 aromatic rings. The van der Waals surface area contributed by atoms with Gasteiger partial charge in [-0.1, -0.05) is 0 Å². The summed E-state index contributed by atoms with van der Waals surface area (Å²) >= 11 is -1.12. The molecule has 0 N–H and O–H groups in total. The van der Waals surface area contributed by atoms with Crippen molar-refractivity contribution in [1.82, 2.24) is 0 Å². The SMILES string of the molecule is CC(C)[O][Hf][O]C(C)C.Cl.Cl. The summed E-state index contributed by atoms with van der Waals surface area (Å²) in [6.07, 6.45) is 0.708. The van der Waals surface area contributed by atoms with E-state index in [0.717, 1.165) is 0 Å². The zero-order valence-electron chi connectivity index (χ0n) is 7.29. The molecule has 0 rings (SSSR count). The summed E-state index contributed by atoms with van der Waals surface area (Å²) in [4.78, 5) is 0. The summed E-state index contributed by atoms with van der Waals surface area (Å²) in [6.45, 7) is 8.15. The van der Waals surface area contributed by atoms with E-state index in [1.54, 1.807) is 0 Å². The maximum Gasteiger partial charge on any atom is -0.147 e. The molecule has 0 aliphatic rings. The van der Waals surface area contributed by atoms with Crippen molar-refractivity contribution in [3.8, 4) is 0 Å². The second kappa shape index (κ2) is 11.4. The van der Waals surface area contributed by atoms with Crippen LogP contribution in [0.1, 0.15) is 27.7 Å². The van der Waals surface area contributed by atoms with Gasteiger partial charge in [-0.3, -0.25) is 0 Å². The maximum absolute atomic E-state index is 5.32. The van der Waals surface area contributed by atoms with Gasteiger partial charge in [0.15, 0.2) is 0 Å². The van der Waals surface area contributed by atoms with Crippen LogP contribution in [0.3, 0.4) is 0 Å². The van der Waals surface area contributed by atoms with Crippen molar-refractivity contribution in [3.05, 3.63) is 0 Å². The van der Waals surface area contributed by atoms with Gasteiger partial charge >= 0.3 is 69.4 Å². The fourth-order valence-corrected chi connectivity index (χ4v) is 1.80. The smallest absolute Gasteiger partial charge is 0.147 e. The third kappa shape index (κ3) is 18.4. The van der Waals surface area contributed by atoms with Gasteiger partial charge in [0.05, 0.1) is 0 Å². The Hall–Kier alpha value is 1.37. The fraction of sp³-hybridized carbons (Fsp3) is 1.00. The van der Waals surface area contributed by atoms with Crippen molar-refractivity contribution >= 4 is 24.8 Å².